The van der Waals surface area contributed by atoms with Crippen LogP contribution in [0.4, 0.5) is 0 Å². The van der Waals surface area contributed by atoms with Crippen molar-refractivity contribution in [3.05, 3.63) is 16.3 Å². The van der Waals surface area contributed by atoms with Crippen LogP contribution in [0, 0.1) is 0 Å². The van der Waals surface area contributed by atoms with Gasteiger partial charge in [-0.05, 0) is 13.8 Å². The number of nitrogens with one attached hydrogen (secondary N) is 1. The summed E-state index contributed by atoms with van der Waals surface area (Å²) in [6, 6.07) is 0. The molecule has 62 valence electrons. The van der Waals surface area contributed by atoms with Crippen LogP contribution in [0.5, 0.6) is 0 Å². The third-order valence-corrected chi connectivity index (χ3v) is 1.48. The van der Waals surface area contributed by atoms with Gasteiger partial charge in [0.2, 0.25) is 0 Å². The molecule has 5 heteroatoms. The van der Waals surface area contributed by atoms with Crippen LogP contribution in [-0.4, -0.2) is 19.9 Å². The molecule has 1 atom stereocenters. The van der Waals surface area contributed by atoms with Crippen LogP contribution in [0.1, 0.15) is 25.8 Å². The first-order valence-electron chi connectivity index (χ1n) is 3.50. The number of nitrogens with zero attached hydrogens (tertiary/aromatic N) is 2. The van der Waals surface area contributed by atoms with Gasteiger partial charge in [-0.1, -0.05) is 0 Å². The molecule has 0 aliphatic rings. The molecule has 0 aliphatic heterocycles. The fraction of sp³-hybridized carbons (Fsp3) is 0.667. The minimum absolute atomic E-state index is 0.275. The highest BCUT2D eigenvalue weighted by Gasteiger charge is 2.10. The standard InChI is InChI=1S/C6H11N3O2/c1-3-9-5(4(2)10)7-8-6(9)11/h4,10H,3H2,1-2H3,(H,8,11). The Balaban J connectivity index is 3.16. The Morgan fingerprint density at radius 3 is 2.82 bits per heavy atom. The van der Waals surface area contributed by atoms with Crippen molar-refractivity contribution < 1.29 is 5.11 Å². The Hall–Kier alpha value is -1.10. The van der Waals surface area contributed by atoms with Gasteiger partial charge in [-0.25, -0.2) is 9.89 Å². The predicted octanol–water partition coefficient (Wildman–Crippen LogP) is -0.355. The molecule has 0 radical (unpaired) electrons. The van der Waals surface area contributed by atoms with E-state index in [4.69, 9.17) is 5.11 Å². The number of hydrogen-bond acceptors (Lipinski definition) is 3. The minimum Gasteiger partial charge on any atom is -0.385 e. The van der Waals surface area contributed by atoms with E-state index in [0.717, 1.165) is 0 Å². The number of aromatic nitrogens is 3. The summed E-state index contributed by atoms with van der Waals surface area (Å²) in [5.41, 5.74) is -0.275. The summed E-state index contributed by atoms with van der Waals surface area (Å²) in [7, 11) is 0. The maximum absolute atomic E-state index is 10.9. The normalized spacial score (nSPS) is 13.4. The highest BCUT2D eigenvalue weighted by atomic mass is 16.3. The van der Waals surface area contributed by atoms with Gasteiger partial charge < -0.3 is 5.11 Å². The van der Waals surface area contributed by atoms with E-state index in [9.17, 15) is 4.79 Å². The molecule has 0 saturated carbocycles. The second kappa shape index (κ2) is 2.87. The van der Waals surface area contributed by atoms with Gasteiger partial charge in [0.1, 0.15) is 6.10 Å². The van der Waals surface area contributed by atoms with Crippen molar-refractivity contribution in [1.82, 2.24) is 14.8 Å². The van der Waals surface area contributed by atoms with E-state index in [0.29, 0.717) is 12.4 Å². The molecule has 2 N–H and O–H groups in total. The fourth-order valence-electron chi connectivity index (χ4n) is 0.954. The number of aromatic amines is 1. The number of hydrogen-bond donors (Lipinski definition) is 2. The Labute approximate surface area is 63.7 Å². The molecule has 5 nitrogen and oxygen atoms in total. The first-order chi connectivity index (χ1) is 5.16. The lowest BCUT2D eigenvalue weighted by Crippen LogP contribution is -2.18. The molecule has 1 rings (SSSR count). The Bertz CT molecular complexity index is 286. The molecule has 0 fully saturated rings. The lowest BCUT2D eigenvalue weighted by molar-refractivity contribution is 0.183. The van der Waals surface area contributed by atoms with Crippen LogP contribution in [0.3, 0.4) is 0 Å². The van der Waals surface area contributed by atoms with Gasteiger partial charge in [-0.3, -0.25) is 4.57 Å². The molecule has 1 aromatic rings. The van der Waals surface area contributed by atoms with E-state index in [-0.39, 0.29) is 5.69 Å². The largest absolute Gasteiger partial charge is 0.385 e. The van der Waals surface area contributed by atoms with E-state index in [2.05, 4.69) is 10.2 Å². The maximum Gasteiger partial charge on any atom is 0.343 e. The SMILES string of the molecule is CCn1c(C(C)O)n[nH]c1=O. The van der Waals surface area contributed by atoms with E-state index in [1.54, 1.807) is 6.92 Å². The van der Waals surface area contributed by atoms with Gasteiger partial charge in [-0.2, -0.15) is 5.10 Å². The van der Waals surface area contributed by atoms with Gasteiger partial charge in [-0.15, -0.1) is 0 Å². The van der Waals surface area contributed by atoms with Crippen molar-refractivity contribution in [2.24, 2.45) is 0 Å². The van der Waals surface area contributed by atoms with Crippen molar-refractivity contribution in [2.75, 3.05) is 0 Å². The Morgan fingerprint density at radius 2 is 2.45 bits per heavy atom. The second-order valence-corrected chi connectivity index (χ2v) is 2.31. The van der Waals surface area contributed by atoms with Crippen LogP contribution >= 0.6 is 0 Å². The van der Waals surface area contributed by atoms with Crippen LogP contribution in [-0.2, 0) is 6.54 Å². The summed E-state index contributed by atoms with van der Waals surface area (Å²) < 4.78 is 1.39. The zero-order valence-corrected chi connectivity index (χ0v) is 6.53. The number of H-pyrrole nitrogens is 1. The second-order valence-electron chi connectivity index (χ2n) is 2.31. The highest BCUT2D eigenvalue weighted by Crippen LogP contribution is 2.04. The molecule has 0 saturated heterocycles. The number of aliphatic hydroxyl groups excluding tert-OH is 1. The number of rotatable bonds is 2. The highest BCUT2D eigenvalue weighted by molar-refractivity contribution is 4.88. The molecule has 0 bridgehead atoms. The smallest absolute Gasteiger partial charge is 0.343 e. The molecule has 0 aromatic carbocycles. The van der Waals surface area contributed by atoms with Crippen LogP contribution in [0.2, 0.25) is 0 Å². The third-order valence-electron chi connectivity index (χ3n) is 1.48. The zero-order chi connectivity index (χ0) is 8.43. The van der Waals surface area contributed by atoms with Crippen molar-refractivity contribution in [3.8, 4) is 0 Å². The minimum atomic E-state index is -0.700. The van der Waals surface area contributed by atoms with Gasteiger partial charge in [0.05, 0.1) is 0 Å². The van der Waals surface area contributed by atoms with Crippen molar-refractivity contribution in [3.63, 3.8) is 0 Å². The van der Waals surface area contributed by atoms with Crippen LogP contribution in [0.25, 0.3) is 0 Å². The summed E-state index contributed by atoms with van der Waals surface area (Å²) in [6.07, 6.45) is -0.700. The Morgan fingerprint density at radius 1 is 1.82 bits per heavy atom. The van der Waals surface area contributed by atoms with E-state index < -0.39 is 6.10 Å². The van der Waals surface area contributed by atoms with Crippen LogP contribution in [0.15, 0.2) is 4.79 Å². The van der Waals surface area contributed by atoms with E-state index in [1.807, 2.05) is 6.92 Å². The summed E-state index contributed by atoms with van der Waals surface area (Å²) >= 11 is 0. The van der Waals surface area contributed by atoms with Crippen molar-refractivity contribution >= 4 is 0 Å². The molecular formula is C6H11N3O2. The molecule has 1 unspecified atom stereocenters. The first-order valence-corrected chi connectivity index (χ1v) is 3.50. The maximum atomic E-state index is 10.9. The summed E-state index contributed by atoms with van der Waals surface area (Å²) in [5, 5.41) is 15.0. The van der Waals surface area contributed by atoms with Crippen molar-refractivity contribution in [2.45, 2.75) is 26.5 Å². The molecule has 0 aliphatic carbocycles. The van der Waals surface area contributed by atoms with Gasteiger partial charge in [0, 0.05) is 6.54 Å². The molecule has 11 heavy (non-hydrogen) atoms. The van der Waals surface area contributed by atoms with Gasteiger partial charge >= 0.3 is 5.69 Å². The van der Waals surface area contributed by atoms with Gasteiger partial charge in [0.15, 0.2) is 5.82 Å². The average molecular weight is 157 g/mol. The first kappa shape index (κ1) is 8.00. The zero-order valence-electron chi connectivity index (χ0n) is 6.53. The van der Waals surface area contributed by atoms with Crippen molar-refractivity contribution in [1.29, 1.82) is 0 Å². The number of aliphatic hydroxyl groups is 1. The van der Waals surface area contributed by atoms with E-state index in [1.165, 1.54) is 4.57 Å². The summed E-state index contributed by atoms with van der Waals surface area (Å²) in [4.78, 5) is 10.9. The van der Waals surface area contributed by atoms with Gasteiger partial charge in [0.25, 0.3) is 0 Å². The van der Waals surface area contributed by atoms with Crippen LogP contribution < -0.4 is 5.69 Å². The van der Waals surface area contributed by atoms with E-state index >= 15 is 0 Å². The summed E-state index contributed by atoms with van der Waals surface area (Å²) in [6.45, 7) is 3.92. The lowest BCUT2D eigenvalue weighted by atomic mass is 10.4. The molecule has 0 amide bonds. The quantitative estimate of drug-likeness (QED) is 0.616. The monoisotopic (exact) mass is 157 g/mol. The predicted molar refractivity (Wildman–Crippen MR) is 39.2 cm³/mol. The molecule has 1 heterocycles. The lowest BCUT2D eigenvalue weighted by Gasteiger charge is -2.02. The Kier molecular flexibility index (Phi) is 2.09. The summed E-state index contributed by atoms with van der Waals surface area (Å²) in [5.74, 6) is 0.387. The topological polar surface area (TPSA) is 70.9 Å². The average Bonchev–Trinajstić information content (AvgIpc) is 2.30. The molecular weight excluding hydrogens is 146 g/mol. The third kappa shape index (κ3) is 1.32. The fourth-order valence-corrected chi connectivity index (χ4v) is 0.954. The molecule has 0 spiro atoms. The molecule has 1 aromatic heterocycles.